The average Bonchev–Trinajstić information content (AvgIpc) is 2.71. The van der Waals surface area contributed by atoms with Crippen LogP contribution in [0, 0.1) is 15.9 Å². The molecule has 1 aromatic heterocycles. The van der Waals surface area contributed by atoms with E-state index < -0.39 is 10.7 Å². The number of halogens is 1. The molecule has 0 fully saturated rings. The minimum absolute atomic E-state index is 0.300. The molecule has 0 saturated carbocycles. The summed E-state index contributed by atoms with van der Waals surface area (Å²) in [6, 6.07) is 3.40. The summed E-state index contributed by atoms with van der Waals surface area (Å²) in [7, 11) is 0. The largest absolute Gasteiger partial charge is 0.382 e. The van der Waals surface area contributed by atoms with Gasteiger partial charge in [0.15, 0.2) is 0 Å². The van der Waals surface area contributed by atoms with Gasteiger partial charge in [0.2, 0.25) is 0 Å². The van der Waals surface area contributed by atoms with Gasteiger partial charge in [-0.15, -0.1) is 0 Å². The van der Waals surface area contributed by atoms with Gasteiger partial charge in [0.25, 0.3) is 5.69 Å². The Hall–Kier alpha value is -2.44. The first kappa shape index (κ1) is 13.0. The normalized spacial score (nSPS) is 10.6. The zero-order chi connectivity index (χ0) is 14.0. The van der Waals surface area contributed by atoms with Crippen molar-refractivity contribution >= 4 is 11.5 Å². The molecule has 0 aliphatic heterocycles. The Balaban J connectivity index is 2.55. The number of hydrogen-bond donors (Lipinski definition) is 2. The first-order chi connectivity index (χ1) is 9.02. The van der Waals surface area contributed by atoms with Crippen LogP contribution in [0.25, 0.3) is 11.3 Å². The Kier molecular flexibility index (Phi) is 3.46. The maximum atomic E-state index is 13.4. The van der Waals surface area contributed by atoms with Crippen LogP contribution in [0.2, 0.25) is 0 Å². The highest BCUT2D eigenvalue weighted by Gasteiger charge is 2.16. The lowest BCUT2D eigenvalue weighted by Crippen LogP contribution is -1.94. The van der Waals surface area contributed by atoms with E-state index in [4.69, 9.17) is 5.73 Å². The number of nitrogens with one attached hydrogen (secondary N) is 1. The van der Waals surface area contributed by atoms with Crippen LogP contribution in [0.5, 0.6) is 0 Å². The highest BCUT2D eigenvalue weighted by Crippen LogP contribution is 2.29. The molecule has 1 aromatic carbocycles. The van der Waals surface area contributed by atoms with Gasteiger partial charge in [0.05, 0.1) is 16.7 Å². The van der Waals surface area contributed by atoms with Crippen LogP contribution >= 0.6 is 0 Å². The lowest BCUT2D eigenvalue weighted by Gasteiger charge is -2.03. The summed E-state index contributed by atoms with van der Waals surface area (Å²) in [4.78, 5) is 10.1. The SMILES string of the molecule is CCCc1c(N)n[nH]c1-c1cc(F)cc([N+](=O)[O-])c1. The van der Waals surface area contributed by atoms with Crippen LogP contribution in [0.15, 0.2) is 18.2 Å². The van der Waals surface area contributed by atoms with Gasteiger partial charge in [-0.25, -0.2) is 4.39 Å². The molecule has 0 aliphatic rings. The molecule has 2 aromatic rings. The highest BCUT2D eigenvalue weighted by atomic mass is 19.1. The second-order valence-electron chi connectivity index (χ2n) is 4.17. The van der Waals surface area contributed by atoms with Crippen molar-refractivity contribution in [3.8, 4) is 11.3 Å². The molecule has 0 amide bonds. The summed E-state index contributed by atoms with van der Waals surface area (Å²) in [5.74, 6) is -0.330. The number of rotatable bonds is 4. The van der Waals surface area contributed by atoms with Gasteiger partial charge < -0.3 is 5.73 Å². The Bertz CT molecular complexity index is 624. The van der Waals surface area contributed by atoms with Gasteiger partial charge in [-0.2, -0.15) is 5.10 Å². The minimum Gasteiger partial charge on any atom is -0.382 e. The molecule has 0 atom stereocenters. The van der Waals surface area contributed by atoms with Crippen molar-refractivity contribution in [2.45, 2.75) is 19.8 Å². The van der Waals surface area contributed by atoms with Gasteiger partial charge in [-0.05, 0) is 12.5 Å². The number of non-ortho nitro benzene ring substituents is 1. The average molecular weight is 264 g/mol. The molecular formula is C12H13FN4O2. The Morgan fingerprint density at radius 3 is 2.84 bits per heavy atom. The standard InChI is InChI=1S/C12H13FN4O2/c1-2-3-10-11(15-16-12(10)14)7-4-8(13)6-9(5-7)17(18)19/h4-6H,2-3H2,1H3,(H3,14,15,16). The zero-order valence-corrected chi connectivity index (χ0v) is 10.3. The van der Waals surface area contributed by atoms with Gasteiger partial charge in [0, 0.05) is 17.2 Å². The number of hydrogen-bond acceptors (Lipinski definition) is 4. The number of nitrogens with zero attached hydrogens (tertiary/aromatic N) is 2. The van der Waals surface area contributed by atoms with E-state index in [1.165, 1.54) is 12.1 Å². The van der Waals surface area contributed by atoms with Crippen LogP contribution in [-0.4, -0.2) is 15.1 Å². The summed E-state index contributed by atoms with van der Waals surface area (Å²) in [5, 5.41) is 17.3. The monoisotopic (exact) mass is 264 g/mol. The zero-order valence-electron chi connectivity index (χ0n) is 10.3. The molecule has 100 valence electrons. The molecule has 2 rings (SSSR count). The number of nitro groups is 1. The fraction of sp³-hybridized carbons (Fsp3) is 0.250. The predicted octanol–water partition coefficient (Wildman–Crippen LogP) is 2.66. The third-order valence-corrected chi connectivity index (χ3v) is 2.78. The Morgan fingerprint density at radius 1 is 1.47 bits per heavy atom. The second-order valence-corrected chi connectivity index (χ2v) is 4.17. The van der Waals surface area contributed by atoms with E-state index in [-0.39, 0.29) is 5.69 Å². The molecule has 1 heterocycles. The number of aromatic amines is 1. The van der Waals surface area contributed by atoms with Gasteiger partial charge in [-0.3, -0.25) is 15.2 Å². The maximum absolute atomic E-state index is 13.4. The molecule has 19 heavy (non-hydrogen) atoms. The molecule has 0 spiro atoms. The van der Waals surface area contributed by atoms with E-state index in [9.17, 15) is 14.5 Å². The van der Waals surface area contributed by atoms with Crippen LogP contribution in [0.3, 0.4) is 0 Å². The van der Waals surface area contributed by atoms with Crippen molar-refractivity contribution < 1.29 is 9.31 Å². The lowest BCUT2D eigenvalue weighted by atomic mass is 10.0. The number of nitrogen functional groups attached to an aromatic ring is 1. The minimum atomic E-state index is -0.667. The van der Waals surface area contributed by atoms with Crippen LogP contribution in [0.1, 0.15) is 18.9 Å². The summed E-state index contributed by atoms with van der Waals surface area (Å²) in [5.41, 5.74) is 7.09. The van der Waals surface area contributed by atoms with Crippen molar-refractivity contribution in [2.24, 2.45) is 0 Å². The first-order valence-corrected chi connectivity index (χ1v) is 5.81. The fourth-order valence-electron chi connectivity index (χ4n) is 1.94. The topological polar surface area (TPSA) is 97.8 Å². The van der Waals surface area contributed by atoms with Crippen molar-refractivity contribution in [3.05, 3.63) is 39.7 Å². The van der Waals surface area contributed by atoms with Crippen molar-refractivity contribution in [3.63, 3.8) is 0 Å². The molecular weight excluding hydrogens is 251 g/mol. The van der Waals surface area contributed by atoms with Gasteiger partial charge >= 0.3 is 0 Å². The lowest BCUT2D eigenvalue weighted by molar-refractivity contribution is -0.385. The van der Waals surface area contributed by atoms with Crippen molar-refractivity contribution in [2.75, 3.05) is 5.73 Å². The van der Waals surface area contributed by atoms with E-state index in [0.717, 1.165) is 18.1 Å². The second kappa shape index (κ2) is 5.05. The molecule has 0 saturated heterocycles. The smallest absolute Gasteiger partial charge is 0.273 e. The van der Waals surface area contributed by atoms with E-state index in [2.05, 4.69) is 10.2 Å². The molecule has 7 heteroatoms. The summed E-state index contributed by atoms with van der Waals surface area (Å²) in [6.45, 7) is 1.98. The van der Waals surface area contributed by atoms with Gasteiger partial charge in [0.1, 0.15) is 11.6 Å². The summed E-state index contributed by atoms with van der Waals surface area (Å²) >= 11 is 0. The molecule has 0 bridgehead atoms. The molecule has 0 unspecified atom stereocenters. The van der Waals surface area contributed by atoms with E-state index in [1.54, 1.807) is 0 Å². The Morgan fingerprint density at radius 2 is 2.21 bits per heavy atom. The van der Waals surface area contributed by atoms with Crippen molar-refractivity contribution in [1.29, 1.82) is 0 Å². The predicted molar refractivity (Wildman–Crippen MR) is 69.0 cm³/mol. The van der Waals surface area contributed by atoms with Crippen LogP contribution in [0.4, 0.5) is 15.9 Å². The van der Waals surface area contributed by atoms with E-state index in [1.807, 2.05) is 6.92 Å². The van der Waals surface area contributed by atoms with E-state index >= 15 is 0 Å². The number of nitro benzene ring substituents is 1. The van der Waals surface area contributed by atoms with E-state index in [0.29, 0.717) is 23.5 Å². The third-order valence-electron chi connectivity index (χ3n) is 2.78. The maximum Gasteiger partial charge on any atom is 0.273 e. The molecule has 0 aliphatic carbocycles. The summed E-state index contributed by atoms with van der Waals surface area (Å²) in [6.07, 6.45) is 1.51. The Labute approximate surface area is 108 Å². The third kappa shape index (κ3) is 2.54. The number of anilines is 1. The number of H-pyrrole nitrogens is 1. The first-order valence-electron chi connectivity index (χ1n) is 5.81. The van der Waals surface area contributed by atoms with Crippen LogP contribution < -0.4 is 5.73 Å². The molecule has 0 radical (unpaired) electrons. The number of aromatic nitrogens is 2. The number of nitrogens with two attached hydrogens (primary N) is 1. The van der Waals surface area contributed by atoms with Crippen molar-refractivity contribution in [1.82, 2.24) is 10.2 Å². The molecule has 3 N–H and O–H groups in total. The highest BCUT2D eigenvalue weighted by molar-refractivity contribution is 5.70. The fourth-order valence-corrected chi connectivity index (χ4v) is 1.94. The molecule has 6 nitrogen and oxygen atoms in total. The number of benzene rings is 1. The van der Waals surface area contributed by atoms with Crippen LogP contribution in [-0.2, 0) is 6.42 Å². The summed E-state index contributed by atoms with van der Waals surface area (Å²) < 4.78 is 13.4. The van der Waals surface area contributed by atoms with Gasteiger partial charge in [-0.1, -0.05) is 13.3 Å². The quantitative estimate of drug-likeness (QED) is 0.655.